The molecule has 0 aromatic rings. The predicted octanol–water partition coefficient (Wildman–Crippen LogP) is 2.53. The van der Waals surface area contributed by atoms with Gasteiger partial charge in [0.1, 0.15) is 0 Å². The Kier molecular flexibility index (Phi) is 1.90. The van der Waals surface area contributed by atoms with Crippen molar-refractivity contribution in [2.24, 2.45) is 5.92 Å². The van der Waals surface area contributed by atoms with Crippen LogP contribution in [0.4, 0.5) is 0 Å². The van der Waals surface area contributed by atoms with Gasteiger partial charge in [-0.25, -0.2) is 0 Å². The molecule has 0 heterocycles. The summed E-state index contributed by atoms with van der Waals surface area (Å²) in [6.45, 7) is 2.22. The first kappa shape index (κ1) is 5.61. The molecule has 0 aromatic heterocycles. The van der Waals surface area contributed by atoms with E-state index in [4.69, 9.17) is 0 Å². The van der Waals surface area contributed by atoms with Crippen molar-refractivity contribution in [1.82, 2.24) is 0 Å². The zero-order chi connectivity index (χ0) is 5.82. The summed E-state index contributed by atoms with van der Waals surface area (Å²) in [4.78, 5) is 0. The second kappa shape index (κ2) is 2.71. The second-order valence-electron chi connectivity index (χ2n) is 2.22. The van der Waals surface area contributed by atoms with Gasteiger partial charge >= 0.3 is 0 Å². The highest BCUT2D eigenvalue weighted by Gasteiger charge is 1.99. The van der Waals surface area contributed by atoms with Crippen molar-refractivity contribution in [3.05, 3.63) is 24.3 Å². The Morgan fingerprint density at radius 1 is 1.25 bits per heavy atom. The topological polar surface area (TPSA) is 0 Å². The molecule has 0 N–H and O–H groups in total. The third kappa shape index (κ3) is 1.22. The van der Waals surface area contributed by atoms with Gasteiger partial charge in [-0.3, -0.25) is 0 Å². The third-order valence-electron chi connectivity index (χ3n) is 1.45. The quantitative estimate of drug-likeness (QED) is 0.510. The highest BCUT2D eigenvalue weighted by molar-refractivity contribution is 5.16. The summed E-state index contributed by atoms with van der Waals surface area (Å²) in [5, 5.41) is 0. The molecule has 0 heteroatoms. The minimum absolute atomic E-state index is 0.750. The molecule has 0 nitrogen and oxygen atoms in total. The number of rotatable bonds is 2. The molecule has 0 amide bonds. The number of hydrogen-bond acceptors (Lipinski definition) is 0. The third-order valence-corrected chi connectivity index (χ3v) is 1.45. The molecule has 44 valence electrons. The standard InChI is InChI=1S/C8H12/c1-2-5-8-6-3-4-7-8/h3-4,6-8H,2,5H2,1H3. The van der Waals surface area contributed by atoms with Gasteiger partial charge in [0.25, 0.3) is 0 Å². The average molecular weight is 108 g/mol. The van der Waals surface area contributed by atoms with Gasteiger partial charge in [0.2, 0.25) is 0 Å². The van der Waals surface area contributed by atoms with Gasteiger partial charge in [-0.2, -0.15) is 0 Å². The summed E-state index contributed by atoms with van der Waals surface area (Å²) < 4.78 is 0. The molecule has 0 aliphatic heterocycles. The smallest absolute Gasteiger partial charge is 0.00474 e. The molecule has 0 radical (unpaired) electrons. The van der Waals surface area contributed by atoms with Crippen LogP contribution >= 0.6 is 0 Å². The lowest BCUT2D eigenvalue weighted by Crippen LogP contribution is -1.85. The summed E-state index contributed by atoms with van der Waals surface area (Å²) in [5.41, 5.74) is 0. The molecular formula is C8H12. The molecule has 0 saturated carbocycles. The molecule has 0 fully saturated rings. The van der Waals surface area contributed by atoms with Gasteiger partial charge in [0, 0.05) is 0 Å². The second-order valence-corrected chi connectivity index (χ2v) is 2.22. The Balaban J connectivity index is 2.27. The fourth-order valence-electron chi connectivity index (χ4n) is 1.00. The maximum Gasteiger partial charge on any atom is -0.00474 e. The fourth-order valence-corrected chi connectivity index (χ4v) is 1.00. The van der Waals surface area contributed by atoms with Crippen molar-refractivity contribution in [2.75, 3.05) is 0 Å². The van der Waals surface area contributed by atoms with Crippen molar-refractivity contribution >= 4 is 0 Å². The van der Waals surface area contributed by atoms with E-state index < -0.39 is 0 Å². The van der Waals surface area contributed by atoms with Crippen LogP contribution in [0.25, 0.3) is 0 Å². The van der Waals surface area contributed by atoms with Crippen LogP contribution in [0.2, 0.25) is 0 Å². The van der Waals surface area contributed by atoms with Crippen LogP contribution in [0, 0.1) is 5.92 Å². The predicted molar refractivity (Wildman–Crippen MR) is 36.7 cm³/mol. The normalized spacial score (nSPS) is 18.1. The Labute approximate surface area is 50.9 Å². The first-order chi connectivity index (χ1) is 3.93. The summed E-state index contributed by atoms with van der Waals surface area (Å²) in [6.07, 6.45) is 11.4. The lowest BCUT2D eigenvalue weighted by molar-refractivity contribution is 0.697. The number of hydrogen-bond donors (Lipinski definition) is 0. The molecule has 0 aromatic carbocycles. The van der Waals surface area contributed by atoms with Crippen LogP contribution in [-0.4, -0.2) is 0 Å². The van der Waals surface area contributed by atoms with Crippen LogP contribution < -0.4 is 0 Å². The summed E-state index contributed by atoms with van der Waals surface area (Å²) in [6, 6.07) is 0. The molecule has 0 bridgehead atoms. The maximum absolute atomic E-state index is 2.25. The Hall–Kier alpha value is -0.520. The van der Waals surface area contributed by atoms with E-state index in [1.807, 2.05) is 0 Å². The van der Waals surface area contributed by atoms with Crippen molar-refractivity contribution in [3.8, 4) is 0 Å². The maximum atomic E-state index is 2.25. The minimum Gasteiger partial charge on any atom is -0.0776 e. The SMILES string of the molecule is CCCC1C=CC=C1. The van der Waals surface area contributed by atoms with Crippen LogP contribution in [0.15, 0.2) is 24.3 Å². The number of allylic oxidation sites excluding steroid dienone is 4. The summed E-state index contributed by atoms with van der Waals surface area (Å²) in [7, 11) is 0. The van der Waals surface area contributed by atoms with Crippen molar-refractivity contribution in [1.29, 1.82) is 0 Å². The molecule has 1 rings (SSSR count). The van der Waals surface area contributed by atoms with E-state index in [-0.39, 0.29) is 0 Å². The van der Waals surface area contributed by atoms with Crippen LogP contribution in [0.1, 0.15) is 19.8 Å². The van der Waals surface area contributed by atoms with E-state index in [1.54, 1.807) is 0 Å². The highest BCUT2D eigenvalue weighted by atomic mass is 14.0. The van der Waals surface area contributed by atoms with Gasteiger partial charge in [-0.05, 0) is 12.3 Å². The van der Waals surface area contributed by atoms with Crippen molar-refractivity contribution in [2.45, 2.75) is 19.8 Å². The molecule has 1 aliphatic carbocycles. The Morgan fingerprint density at radius 3 is 2.38 bits per heavy atom. The zero-order valence-electron chi connectivity index (χ0n) is 5.30. The van der Waals surface area contributed by atoms with Gasteiger partial charge in [-0.1, -0.05) is 37.6 Å². The highest BCUT2D eigenvalue weighted by Crippen LogP contribution is 2.13. The van der Waals surface area contributed by atoms with E-state index in [2.05, 4.69) is 31.2 Å². The van der Waals surface area contributed by atoms with Crippen LogP contribution in [0.5, 0.6) is 0 Å². The van der Waals surface area contributed by atoms with Gasteiger partial charge in [-0.15, -0.1) is 0 Å². The van der Waals surface area contributed by atoms with E-state index in [9.17, 15) is 0 Å². The first-order valence-corrected chi connectivity index (χ1v) is 3.28. The van der Waals surface area contributed by atoms with E-state index in [1.165, 1.54) is 12.8 Å². The molecule has 1 aliphatic rings. The van der Waals surface area contributed by atoms with E-state index >= 15 is 0 Å². The molecule has 0 saturated heterocycles. The van der Waals surface area contributed by atoms with Crippen LogP contribution in [-0.2, 0) is 0 Å². The summed E-state index contributed by atoms with van der Waals surface area (Å²) >= 11 is 0. The lowest BCUT2D eigenvalue weighted by Gasteiger charge is -1.98. The monoisotopic (exact) mass is 108 g/mol. The van der Waals surface area contributed by atoms with Gasteiger partial charge in [0.05, 0.1) is 0 Å². The largest absolute Gasteiger partial charge is 0.0776 e. The van der Waals surface area contributed by atoms with Crippen molar-refractivity contribution in [3.63, 3.8) is 0 Å². The summed E-state index contributed by atoms with van der Waals surface area (Å²) in [5.74, 6) is 0.750. The lowest BCUT2D eigenvalue weighted by atomic mass is 10.1. The molecule has 0 unspecified atom stereocenters. The van der Waals surface area contributed by atoms with Crippen LogP contribution in [0.3, 0.4) is 0 Å². The molecule has 0 spiro atoms. The Morgan fingerprint density at radius 2 is 1.88 bits per heavy atom. The molecule has 0 atom stereocenters. The van der Waals surface area contributed by atoms with Crippen molar-refractivity contribution < 1.29 is 0 Å². The first-order valence-electron chi connectivity index (χ1n) is 3.28. The Bertz CT molecular complexity index is 97.2. The van der Waals surface area contributed by atoms with Gasteiger partial charge in [0.15, 0.2) is 0 Å². The van der Waals surface area contributed by atoms with Gasteiger partial charge < -0.3 is 0 Å². The van der Waals surface area contributed by atoms with E-state index in [0.29, 0.717) is 0 Å². The molecule has 8 heavy (non-hydrogen) atoms. The fraction of sp³-hybridized carbons (Fsp3) is 0.500. The zero-order valence-corrected chi connectivity index (χ0v) is 5.30. The average Bonchev–Trinajstić information content (AvgIpc) is 2.19. The molecular weight excluding hydrogens is 96.1 g/mol. The minimum atomic E-state index is 0.750. The van der Waals surface area contributed by atoms with E-state index in [0.717, 1.165) is 5.92 Å².